The van der Waals surface area contributed by atoms with E-state index in [-0.39, 0.29) is 5.91 Å². The van der Waals surface area contributed by atoms with Gasteiger partial charge in [0, 0.05) is 19.3 Å². The quantitative estimate of drug-likeness (QED) is 0.807. The molecule has 0 saturated carbocycles. The molecule has 2 heterocycles. The summed E-state index contributed by atoms with van der Waals surface area (Å²) in [4.78, 5) is 12.1. The number of hydrogen-bond donors (Lipinski definition) is 1. The molecule has 0 aliphatic heterocycles. The van der Waals surface area contributed by atoms with Crippen LogP contribution in [0, 0.1) is 20.8 Å². The van der Waals surface area contributed by atoms with Gasteiger partial charge in [-0.25, -0.2) is 0 Å². The molecule has 2 aromatic heterocycles. The minimum absolute atomic E-state index is 0.0874. The van der Waals surface area contributed by atoms with Gasteiger partial charge < -0.3 is 5.32 Å². The fourth-order valence-corrected chi connectivity index (χ4v) is 2.53. The Bertz CT molecular complexity index is 688. The highest BCUT2D eigenvalue weighted by molar-refractivity contribution is 6.31. The molecule has 2 aromatic rings. The minimum atomic E-state index is -0.399. The second-order valence-corrected chi connectivity index (χ2v) is 6.36. The van der Waals surface area contributed by atoms with Gasteiger partial charge >= 0.3 is 0 Å². The Hall–Kier alpha value is -1.53. The highest BCUT2D eigenvalue weighted by Gasteiger charge is 2.16. The molecule has 0 saturated heterocycles. The maximum absolute atomic E-state index is 12.1. The van der Waals surface area contributed by atoms with Crippen LogP contribution in [0.25, 0.3) is 0 Å². The molecule has 0 aliphatic carbocycles. The second kappa shape index (κ2) is 7.36. The number of halogens is 2. The normalized spacial score (nSPS) is 12.4. The van der Waals surface area contributed by atoms with Crippen molar-refractivity contribution >= 4 is 29.1 Å². The molecule has 0 bridgehead atoms. The number of nitrogens with zero attached hydrogens (tertiary/aromatic N) is 4. The van der Waals surface area contributed by atoms with E-state index in [4.69, 9.17) is 23.2 Å². The van der Waals surface area contributed by atoms with Gasteiger partial charge in [-0.2, -0.15) is 10.2 Å². The lowest BCUT2D eigenvalue weighted by Gasteiger charge is -2.13. The van der Waals surface area contributed by atoms with Crippen molar-refractivity contribution in [3.63, 3.8) is 0 Å². The summed E-state index contributed by atoms with van der Waals surface area (Å²) >= 11 is 12.1. The van der Waals surface area contributed by atoms with E-state index in [0.717, 1.165) is 17.8 Å². The number of rotatable bonds is 6. The lowest BCUT2D eigenvalue weighted by atomic mass is 10.3. The Labute approximate surface area is 145 Å². The number of hydrogen-bond acceptors (Lipinski definition) is 3. The lowest BCUT2D eigenvalue weighted by molar-refractivity contribution is -0.124. The van der Waals surface area contributed by atoms with Crippen LogP contribution in [0.3, 0.4) is 0 Å². The number of amides is 1. The van der Waals surface area contributed by atoms with Crippen molar-refractivity contribution < 1.29 is 4.79 Å². The van der Waals surface area contributed by atoms with Crippen LogP contribution in [0.1, 0.15) is 36.5 Å². The summed E-state index contributed by atoms with van der Waals surface area (Å²) in [5.74, 6) is -0.0874. The molecular weight excluding hydrogens is 337 g/mol. The van der Waals surface area contributed by atoms with Crippen molar-refractivity contribution in [3.8, 4) is 0 Å². The largest absolute Gasteiger partial charge is 0.354 e. The molecule has 0 fully saturated rings. The fourth-order valence-electron chi connectivity index (χ4n) is 2.26. The standard InChI is InChI=1S/C15H21Cl2N5O/c1-9-13(16)8-22(19-9)12(4)15(23)18-6-5-7-21-11(3)14(17)10(2)20-21/h8,12H,5-7H2,1-4H3,(H,18,23). The second-order valence-electron chi connectivity index (χ2n) is 5.57. The zero-order valence-electron chi connectivity index (χ0n) is 13.7. The summed E-state index contributed by atoms with van der Waals surface area (Å²) in [7, 11) is 0. The van der Waals surface area contributed by atoms with E-state index in [1.165, 1.54) is 0 Å². The molecule has 0 aliphatic rings. The molecule has 1 N–H and O–H groups in total. The molecule has 8 heteroatoms. The first-order chi connectivity index (χ1) is 10.8. The average Bonchev–Trinajstić information content (AvgIpc) is 2.97. The predicted molar refractivity (Wildman–Crippen MR) is 91.0 cm³/mol. The summed E-state index contributed by atoms with van der Waals surface area (Å²) in [6, 6.07) is -0.399. The summed E-state index contributed by atoms with van der Waals surface area (Å²) in [6.45, 7) is 8.69. The van der Waals surface area contributed by atoms with Crippen molar-refractivity contribution in [2.24, 2.45) is 0 Å². The van der Waals surface area contributed by atoms with Gasteiger partial charge in [0.25, 0.3) is 0 Å². The highest BCUT2D eigenvalue weighted by Crippen LogP contribution is 2.19. The average molecular weight is 358 g/mol. The van der Waals surface area contributed by atoms with Crippen molar-refractivity contribution in [1.82, 2.24) is 24.9 Å². The maximum Gasteiger partial charge on any atom is 0.244 e. The Kier molecular flexibility index (Phi) is 5.70. The Balaban J connectivity index is 1.81. The van der Waals surface area contributed by atoms with Gasteiger partial charge in [-0.1, -0.05) is 23.2 Å². The van der Waals surface area contributed by atoms with Crippen LogP contribution in [0.15, 0.2) is 6.20 Å². The lowest BCUT2D eigenvalue weighted by Crippen LogP contribution is -2.32. The van der Waals surface area contributed by atoms with Crippen molar-refractivity contribution in [2.45, 2.75) is 46.7 Å². The van der Waals surface area contributed by atoms with Gasteiger partial charge in [0.05, 0.1) is 27.1 Å². The first kappa shape index (κ1) is 17.8. The first-order valence-corrected chi connectivity index (χ1v) is 8.25. The van der Waals surface area contributed by atoms with Crippen molar-refractivity contribution in [2.75, 3.05) is 6.54 Å². The Morgan fingerprint density at radius 1 is 1.26 bits per heavy atom. The number of nitrogens with one attached hydrogen (secondary N) is 1. The topological polar surface area (TPSA) is 64.7 Å². The molecule has 0 spiro atoms. The van der Waals surface area contributed by atoms with Gasteiger partial charge in [-0.3, -0.25) is 14.2 Å². The Morgan fingerprint density at radius 3 is 2.48 bits per heavy atom. The third-order valence-electron chi connectivity index (χ3n) is 3.77. The molecule has 23 heavy (non-hydrogen) atoms. The summed E-state index contributed by atoms with van der Waals surface area (Å²) in [6.07, 6.45) is 2.44. The molecule has 0 aromatic carbocycles. The van der Waals surface area contributed by atoms with Crippen LogP contribution in [0.4, 0.5) is 0 Å². The van der Waals surface area contributed by atoms with E-state index < -0.39 is 6.04 Å². The van der Waals surface area contributed by atoms with E-state index >= 15 is 0 Å². The van der Waals surface area contributed by atoms with Crippen LogP contribution in [-0.2, 0) is 11.3 Å². The zero-order valence-corrected chi connectivity index (χ0v) is 15.2. The van der Waals surface area contributed by atoms with Gasteiger partial charge in [0.2, 0.25) is 5.91 Å². The van der Waals surface area contributed by atoms with Crippen LogP contribution < -0.4 is 5.32 Å². The third kappa shape index (κ3) is 4.06. The molecule has 2 rings (SSSR count). The number of carbonyl (C=O) groups is 1. The van der Waals surface area contributed by atoms with Gasteiger partial charge in [0.15, 0.2) is 0 Å². The summed E-state index contributed by atoms with van der Waals surface area (Å²) in [5.41, 5.74) is 2.49. The molecule has 0 radical (unpaired) electrons. The molecule has 126 valence electrons. The molecule has 1 atom stereocenters. The van der Waals surface area contributed by atoms with Crippen LogP contribution in [0.5, 0.6) is 0 Å². The van der Waals surface area contributed by atoms with Crippen LogP contribution >= 0.6 is 23.2 Å². The monoisotopic (exact) mass is 357 g/mol. The van der Waals surface area contributed by atoms with E-state index in [2.05, 4.69) is 15.5 Å². The molecule has 1 amide bonds. The molecule has 6 nitrogen and oxygen atoms in total. The maximum atomic E-state index is 12.1. The van der Waals surface area contributed by atoms with Crippen LogP contribution in [-0.4, -0.2) is 32.0 Å². The molecular formula is C15H21Cl2N5O. The third-order valence-corrected chi connectivity index (χ3v) is 4.69. The SMILES string of the molecule is Cc1nn(C(C)C(=O)NCCCn2nc(C)c(Cl)c2C)cc1Cl. The summed E-state index contributed by atoms with van der Waals surface area (Å²) < 4.78 is 3.44. The number of aromatic nitrogens is 4. The van der Waals surface area contributed by atoms with Crippen molar-refractivity contribution in [1.29, 1.82) is 0 Å². The van der Waals surface area contributed by atoms with Crippen molar-refractivity contribution in [3.05, 3.63) is 33.3 Å². The van der Waals surface area contributed by atoms with Crippen LogP contribution in [0.2, 0.25) is 10.0 Å². The van der Waals surface area contributed by atoms with E-state index in [1.807, 2.05) is 25.5 Å². The summed E-state index contributed by atoms with van der Waals surface area (Å²) in [5, 5.41) is 12.8. The minimum Gasteiger partial charge on any atom is -0.354 e. The van der Waals surface area contributed by atoms with Gasteiger partial charge in [-0.05, 0) is 34.1 Å². The fraction of sp³-hybridized carbons (Fsp3) is 0.533. The zero-order chi connectivity index (χ0) is 17.1. The predicted octanol–water partition coefficient (Wildman–Crippen LogP) is 3.08. The number of carbonyl (C=O) groups excluding carboxylic acids is 1. The van der Waals surface area contributed by atoms with E-state index in [0.29, 0.717) is 28.8 Å². The smallest absolute Gasteiger partial charge is 0.244 e. The van der Waals surface area contributed by atoms with Gasteiger partial charge in [0.1, 0.15) is 6.04 Å². The van der Waals surface area contributed by atoms with Gasteiger partial charge in [-0.15, -0.1) is 0 Å². The number of aryl methyl sites for hydroxylation is 3. The first-order valence-electron chi connectivity index (χ1n) is 7.49. The van der Waals surface area contributed by atoms with E-state index in [9.17, 15) is 4.79 Å². The van der Waals surface area contributed by atoms with E-state index in [1.54, 1.807) is 17.8 Å². The molecule has 1 unspecified atom stereocenters. The Morgan fingerprint density at radius 2 is 1.96 bits per heavy atom. The highest BCUT2D eigenvalue weighted by atomic mass is 35.5.